The summed E-state index contributed by atoms with van der Waals surface area (Å²) < 4.78 is 0. The van der Waals surface area contributed by atoms with Crippen LogP contribution in [-0.4, -0.2) is 18.0 Å². The zero-order chi connectivity index (χ0) is 14.8. The molecule has 0 aliphatic heterocycles. The molecule has 0 aromatic heterocycles. The van der Waals surface area contributed by atoms with E-state index < -0.39 is 0 Å². The standard InChI is InChI=1S/C16H23ClN2O/c1-16(2,3)19-15(20)8-9-18-14-7-4-11-10-12(17)5-6-13(11)14/h5-6,10,14,18H,4,7-9H2,1-3H3,(H,19,20). The third-order valence-corrected chi connectivity index (χ3v) is 3.68. The Kier molecular flexibility index (Phi) is 4.71. The number of halogens is 1. The highest BCUT2D eigenvalue weighted by Gasteiger charge is 2.22. The first kappa shape index (κ1) is 15.3. The van der Waals surface area contributed by atoms with Gasteiger partial charge in [0.05, 0.1) is 0 Å². The second kappa shape index (κ2) is 6.15. The van der Waals surface area contributed by atoms with E-state index in [1.807, 2.05) is 32.9 Å². The van der Waals surface area contributed by atoms with Gasteiger partial charge >= 0.3 is 0 Å². The van der Waals surface area contributed by atoms with Gasteiger partial charge in [-0.3, -0.25) is 4.79 Å². The quantitative estimate of drug-likeness (QED) is 0.895. The Morgan fingerprint density at radius 2 is 2.15 bits per heavy atom. The van der Waals surface area contributed by atoms with Crippen molar-refractivity contribution < 1.29 is 4.79 Å². The fourth-order valence-corrected chi connectivity index (χ4v) is 2.83. The summed E-state index contributed by atoms with van der Waals surface area (Å²) >= 11 is 6.01. The maximum atomic E-state index is 11.8. The molecule has 0 spiro atoms. The topological polar surface area (TPSA) is 41.1 Å². The highest BCUT2D eigenvalue weighted by Crippen LogP contribution is 2.32. The lowest BCUT2D eigenvalue weighted by Crippen LogP contribution is -2.41. The molecule has 1 unspecified atom stereocenters. The molecule has 0 fully saturated rings. The van der Waals surface area contributed by atoms with Crippen molar-refractivity contribution in [3.63, 3.8) is 0 Å². The third-order valence-electron chi connectivity index (χ3n) is 3.44. The highest BCUT2D eigenvalue weighted by atomic mass is 35.5. The van der Waals surface area contributed by atoms with E-state index in [0.717, 1.165) is 17.9 Å². The first-order chi connectivity index (χ1) is 9.35. The first-order valence-corrected chi connectivity index (χ1v) is 7.56. The van der Waals surface area contributed by atoms with Crippen molar-refractivity contribution in [2.24, 2.45) is 0 Å². The predicted octanol–water partition coefficient (Wildman–Crippen LogP) is 3.22. The molecule has 0 radical (unpaired) electrons. The van der Waals surface area contributed by atoms with Gasteiger partial charge in [-0.25, -0.2) is 0 Å². The van der Waals surface area contributed by atoms with Gasteiger partial charge in [0.25, 0.3) is 0 Å². The number of hydrogen-bond donors (Lipinski definition) is 2. The number of nitrogens with one attached hydrogen (secondary N) is 2. The molecule has 1 aromatic carbocycles. The van der Waals surface area contributed by atoms with Crippen LogP contribution in [0.3, 0.4) is 0 Å². The summed E-state index contributed by atoms with van der Waals surface area (Å²) in [4.78, 5) is 11.8. The minimum absolute atomic E-state index is 0.0966. The summed E-state index contributed by atoms with van der Waals surface area (Å²) in [6.45, 7) is 6.69. The van der Waals surface area contributed by atoms with E-state index in [-0.39, 0.29) is 11.4 Å². The predicted molar refractivity (Wildman–Crippen MR) is 83.0 cm³/mol. The summed E-state index contributed by atoms with van der Waals surface area (Å²) in [7, 11) is 0. The van der Waals surface area contributed by atoms with Gasteiger partial charge in [-0.15, -0.1) is 0 Å². The normalized spacial score (nSPS) is 17.9. The van der Waals surface area contributed by atoms with Crippen LogP contribution in [0.25, 0.3) is 0 Å². The number of fused-ring (bicyclic) bond motifs is 1. The van der Waals surface area contributed by atoms with Crippen LogP contribution in [0.1, 0.15) is 50.8 Å². The number of carbonyl (C=O) groups is 1. The van der Waals surface area contributed by atoms with Crippen LogP contribution in [0.5, 0.6) is 0 Å². The van der Waals surface area contributed by atoms with E-state index in [0.29, 0.717) is 19.0 Å². The molecular formula is C16H23ClN2O. The SMILES string of the molecule is CC(C)(C)NC(=O)CCNC1CCc2cc(Cl)ccc21. The zero-order valence-corrected chi connectivity index (χ0v) is 13.2. The van der Waals surface area contributed by atoms with Gasteiger partial charge in [-0.05, 0) is 56.9 Å². The highest BCUT2D eigenvalue weighted by molar-refractivity contribution is 6.30. The Morgan fingerprint density at radius 1 is 1.40 bits per heavy atom. The number of benzene rings is 1. The monoisotopic (exact) mass is 294 g/mol. The number of amides is 1. The molecule has 2 rings (SSSR count). The molecule has 20 heavy (non-hydrogen) atoms. The van der Waals surface area contributed by atoms with Crippen molar-refractivity contribution in [3.8, 4) is 0 Å². The Morgan fingerprint density at radius 3 is 2.85 bits per heavy atom. The molecule has 0 saturated carbocycles. The van der Waals surface area contributed by atoms with E-state index >= 15 is 0 Å². The van der Waals surface area contributed by atoms with E-state index in [4.69, 9.17) is 11.6 Å². The van der Waals surface area contributed by atoms with Gasteiger partial charge in [0.1, 0.15) is 0 Å². The van der Waals surface area contributed by atoms with Crippen LogP contribution >= 0.6 is 11.6 Å². The van der Waals surface area contributed by atoms with E-state index in [9.17, 15) is 4.79 Å². The molecule has 1 aliphatic carbocycles. The molecule has 1 aromatic rings. The number of aryl methyl sites for hydroxylation is 1. The summed E-state index contributed by atoms with van der Waals surface area (Å²) in [6.07, 6.45) is 2.65. The van der Waals surface area contributed by atoms with Gasteiger partial charge in [-0.1, -0.05) is 17.7 Å². The summed E-state index contributed by atoms with van der Waals surface area (Å²) in [5.41, 5.74) is 2.49. The first-order valence-electron chi connectivity index (χ1n) is 7.18. The van der Waals surface area contributed by atoms with Crippen molar-refractivity contribution in [1.29, 1.82) is 0 Å². The van der Waals surface area contributed by atoms with E-state index in [1.165, 1.54) is 11.1 Å². The zero-order valence-electron chi connectivity index (χ0n) is 12.4. The van der Waals surface area contributed by atoms with Crippen LogP contribution in [0.4, 0.5) is 0 Å². The summed E-state index contributed by atoms with van der Waals surface area (Å²) in [5.74, 6) is 0.0966. The maximum absolute atomic E-state index is 11.8. The van der Waals surface area contributed by atoms with E-state index in [2.05, 4.69) is 16.7 Å². The van der Waals surface area contributed by atoms with Crippen molar-refractivity contribution in [2.75, 3.05) is 6.54 Å². The van der Waals surface area contributed by atoms with Crippen LogP contribution in [0.15, 0.2) is 18.2 Å². The number of carbonyl (C=O) groups excluding carboxylic acids is 1. The molecule has 1 amide bonds. The molecule has 1 aliphatic rings. The second-order valence-corrected chi connectivity index (χ2v) is 6.87. The Labute approximate surface area is 126 Å². The van der Waals surface area contributed by atoms with Crippen molar-refractivity contribution in [1.82, 2.24) is 10.6 Å². The Balaban J connectivity index is 1.81. The van der Waals surface area contributed by atoms with Crippen molar-refractivity contribution in [2.45, 2.75) is 51.6 Å². The molecule has 4 heteroatoms. The maximum Gasteiger partial charge on any atom is 0.221 e. The number of rotatable bonds is 4. The van der Waals surface area contributed by atoms with Gasteiger partial charge < -0.3 is 10.6 Å². The van der Waals surface area contributed by atoms with Gasteiger partial charge in [0.2, 0.25) is 5.91 Å². The molecule has 0 heterocycles. The summed E-state index contributed by atoms with van der Waals surface area (Å²) in [6, 6.07) is 6.43. The minimum Gasteiger partial charge on any atom is -0.351 e. The van der Waals surface area contributed by atoms with Crippen LogP contribution in [-0.2, 0) is 11.2 Å². The van der Waals surface area contributed by atoms with Crippen molar-refractivity contribution >= 4 is 17.5 Å². The Bertz CT molecular complexity index is 494. The van der Waals surface area contributed by atoms with Crippen molar-refractivity contribution in [3.05, 3.63) is 34.3 Å². The molecule has 0 saturated heterocycles. The lowest BCUT2D eigenvalue weighted by atomic mass is 10.1. The molecule has 1 atom stereocenters. The van der Waals surface area contributed by atoms with E-state index in [1.54, 1.807) is 0 Å². The lowest BCUT2D eigenvalue weighted by molar-refractivity contribution is -0.122. The Hall–Kier alpha value is -1.06. The van der Waals surface area contributed by atoms with Crippen LogP contribution < -0.4 is 10.6 Å². The molecular weight excluding hydrogens is 272 g/mol. The van der Waals surface area contributed by atoms with Gasteiger partial charge in [-0.2, -0.15) is 0 Å². The molecule has 2 N–H and O–H groups in total. The summed E-state index contributed by atoms with van der Waals surface area (Å²) in [5, 5.41) is 7.24. The fourth-order valence-electron chi connectivity index (χ4n) is 2.64. The fraction of sp³-hybridized carbons (Fsp3) is 0.562. The lowest BCUT2D eigenvalue weighted by Gasteiger charge is -2.21. The van der Waals surface area contributed by atoms with Gasteiger partial charge in [0, 0.05) is 29.6 Å². The number of hydrogen-bond acceptors (Lipinski definition) is 2. The smallest absolute Gasteiger partial charge is 0.221 e. The largest absolute Gasteiger partial charge is 0.351 e. The van der Waals surface area contributed by atoms with Crippen LogP contribution in [0.2, 0.25) is 5.02 Å². The molecule has 0 bridgehead atoms. The van der Waals surface area contributed by atoms with Gasteiger partial charge in [0.15, 0.2) is 0 Å². The molecule has 3 nitrogen and oxygen atoms in total. The van der Waals surface area contributed by atoms with Crippen LogP contribution in [0, 0.1) is 0 Å². The minimum atomic E-state index is -0.159. The third kappa shape index (κ3) is 4.22. The average Bonchev–Trinajstić information content (AvgIpc) is 2.69. The molecule has 110 valence electrons. The average molecular weight is 295 g/mol. The second-order valence-electron chi connectivity index (χ2n) is 6.44.